The highest BCUT2D eigenvalue weighted by Gasteiger charge is 2.58. The van der Waals surface area contributed by atoms with Crippen LogP contribution >= 0.6 is 0 Å². The standard InChI is InChI=1S/C22H23N3O2/c1-16(2)25(15-17-8-4-3-5-9-17)21(27)22(12-13-22)20(26)24-19-11-7-6-10-18(19)14-23/h3-11,16H,12-13,15H2,1-2H3,(H,24,26). The number of carbonyl (C=O) groups is 2. The van der Waals surface area contributed by atoms with Crippen LogP contribution in [-0.4, -0.2) is 22.8 Å². The number of anilines is 1. The van der Waals surface area contributed by atoms with Gasteiger partial charge in [-0.15, -0.1) is 0 Å². The number of nitriles is 1. The Morgan fingerprint density at radius 2 is 1.74 bits per heavy atom. The average molecular weight is 361 g/mol. The van der Waals surface area contributed by atoms with Crippen molar-refractivity contribution in [3.05, 3.63) is 65.7 Å². The van der Waals surface area contributed by atoms with Gasteiger partial charge < -0.3 is 10.2 Å². The minimum absolute atomic E-state index is 0.0191. The van der Waals surface area contributed by atoms with Crippen molar-refractivity contribution >= 4 is 17.5 Å². The van der Waals surface area contributed by atoms with Crippen LogP contribution in [0.1, 0.15) is 37.8 Å². The van der Waals surface area contributed by atoms with E-state index in [4.69, 9.17) is 0 Å². The molecule has 1 N–H and O–H groups in total. The molecule has 1 aliphatic carbocycles. The lowest BCUT2D eigenvalue weighted by atomic mass is 10.0. The van der Waals surface area contributed by atoms with E-state index >= 15 is 0 Å². The minimum atomic E-state index is -1.03. The average Bonchev–Trinajstić information content (AvgIpc) is 3.49. The summed E-state index contributed by atoms with van der Waals surface area (Å²) < 4.78 is 0. The predicted octanol–water partition coefficient (Wildman–Crippen LogP) is 3.71. The molecule has 0 bridgehead atoms. The van der Waals surface area contributed by atoms with Gasteiger partial charge in [-0.2, -0.15) is 5.26 Å². The molecular weight excluding hydrogens is 338 g/mol. The summed E-state index contributed by atoms with van der Waals surface area (Å²) in [5.74, 6) is -0.470. The van der Waals surface area contributed by atoms with Crippen LogP contribution in [0.25, 0.3) is 0 Å². The quantitative estimate of drug-likeness (QED) is 0.797. The molecule has 2 aromatic rings. The maximum atomic E-state index is 13.3. The molecule has 5 heteroatoms. The van der Waals surface area contributed by atoms with Gasteiger partial charge in [-0.3, -0.25) is 9.59 Å². The number of hydrogen-bond acceptors (Lipinski definition) is 3. The van der Waals surface area contributed by atoms with Gasteiger partial charge in [0.2, 0.25) is 11.8 Å². The molecule has 3 rings (SSSR count). The Labute approximate surface area is 159 Å². The predicted molar refractivity (Wildman–Crippen MR) is 104 cm³/mol. The van der Waals surface area contributed by atoms with Gasteiger partial charge in [0.1, 0.15) is 11.5 Å². The first-order valence-corrected chi connectivity index (χ1v) is 9.13. The zero-order chi connectivity index (χ0) is 19.4. The first kappa shape index (κ1) is 18.7. The van der Waals surface area contributed by atoms with Gasteiger partial charge >= 0.3 is 0 Å². The molecule has 0 atom stereocenters. The van der Waals surface area contributed by atoms with Crippen molar-refractivity contribution in [3.63, 3.8) is 0 Å². The van der Waals surface area contributed by atoms with E-state index in [0.29, 0.717) is 30.6 Å². The maximum absolute atomic E-state index is 13.3. The Kier molecular flexibility index (Phi) is 5.27. The molecule has 1 saturated carbocycles. The topological polar surface area (TPSA) is 73.2 Å². The van der Waals surface area contributed by atoms with Crippen LogP contribution in [0.2, 0.25) is 0 Å². The first-order chi connectivity index (χ1) is 13.0. The highest BCUT2D eigenvalue weighted by molar-refractivity contribution is 6.13. The monoisotopic (exact) mass is 361 g/mol. The van der Waals surface area contributed by atoms with Crippen molar-refractivity contribution in [1.29, 1.82) is 5.26 Å². The van der Waals surface area contributed by atoms with Crippen LogP contribution in [0, 0.1) is 16.7 Å². The Bertz CT molecular complexity index is 880. The molecule has 27 heavy (non-hydrogen) atoms. The summed E-state index contributed by atoms with van der Waals surface area (Å²) in [4.78, 5) is 27.9. The van der Waals surface area contributed by atoms with Crippen LogP contribution in [0.3, 0.4) is 0 Å². The van der Waals surface area contributed by atoms with E-state index in [1.807, 2.05) is 44.2 Å². The molecule has 0 saturated heterocycles. The highest BCUT2D eigenvalue weighted by Crippen LogP contribution is 2.48. The van der Waals surface area contributed by atoms with Crippen molar-refractivity contribution < 1.29 is 9.59 Å². The van der Waals surface area contributed by atoms with Gasteiger partial charge in [-0.25, -0.2) is 0 Å². The lowest BCUT2D eigenvalue weighted by molar-refractivity contribution is -0.144. The molecule has 138 valence electrons. The Balaban J connectivity index is 1.79. The number of para-hydroxylation sites is 1. The van der Waals surface area contributed by atoms with Gasteiger partial charge in [0.15, 0.2) is 0 Å². The fourth-order valence-corrected chi connectivity index (χ4v) is 3.14. The van der Waals surface area contributed by atoms with Crippen LogP contribution in [-0.2, 0) is 16.1 Å². The van der Waals surface area contributed by atoms with E-state index < -0.39 is 5.41 Å². The van der Waals surface area contributed by atoms with E-state index in [-0.39, 0.29) is 17.9 Å². The summed E-state index contributed by atoms with van der Waals surface area (Å²) >= 11 is 0. The van der Waals surface area contributed by atoms with Gasteiger partial charge in [-0.1, -0.05) is 42.5 Å². The second-order valence-electron chi connectivity index (χ2n) is 7.21. The van der Waals surface area contributed by atoms with Crippen LogP contribution < -0.4 is 5.32 Å². The summed E-state index contributed by atoms with van der Waals surface area (Å²) in [6.07, 6.45) is 1.06. The second-order valence-corrected chi connectivity index (χ2v) is 7.21. The zero-order valence-electron chi connectivity index (χ0n) is 15.6. The van der Waals surface area contributed by atoms with Gasteiger partial charge in [0, 0.05) is 12.6 Å². The number of amides is 2. The van der Waals surface area contributed by atoms with Crippen molar-refractivity contribution in [2.45, 2.75) is 39.3 Å². The van der Waals surface area contributed by atoms with Gasteiger partial charge in [0.05, 0.1) is 11.3 Å². The van der Waals surface area contributed by atoms with E-state index in [1.165, 1.54) is 0 Å². The van der Waals surface area contributed by atoms with E-state index in [2.05, 4.69) is 11.4 Å². The Morgan fingerprint density at radius 1 is 1.11 bits per heavy atom. The number of carbonyl (C=O) groups excluding carboxylic acids is 2. The molecule has 0 aromatic heterocycles. The van der Waals surface area contributed by atoms with E-state index in [9.17, 15) is 14.9 Å². The summed E-state index contributed by atoms with van der Waals surface area (Å²) in [6, 6.07) is 18.6. The van der Waals surface area contributed by atoms with Crippen molar-refractivity contribution in [2.75, 3.05) is 5.32 Å². The smallest absolute Gasteiger partial charge is 0.240 e. The molecular formula is C22H23N3O2. The normalized spacial score (nSPS) is 14.3. The summed E-state index contributed by atoms with van der Waals surface area (Å²) in [5, 5.41) is 12.0. The zero-order valence-corrected chi connectivity index (χ0v) is 15.6. The maximum Gasteiger partial charge on any atom is 0.240 e. The molecule has 0 radical (unpaired) electrons. The lowest BCUT2D eigenvalue weighted by Crippen LogP contribution is -2.45. The SMILES string of the molecule is CC(C)N(Cc1ccccc1)C(=O)C1(C(=O)Nc2ccccc2C#N)CC1. The van der Waals surface area contributed by atoms with E-state index in [1.54, 1.807) is 29.2 Å². The van der Waals surface area contributed by atoms with Crippen LogP contribution in [0.15, 0.2) is 54.6 Å². The fraction of sp³-hybridized carbons (Fsp3) is 0.318. The molecule has 0 spiro atoms. The molecule has 1 aliphatic rings. The molecule has 0 heterocycles. The molecule has 2 amide bonds. The molecule has 0 aliphatic heterocycles. The third-order valence-corrected chi connectivity index (χ3v) is 4.97. The second kappa shape index (κ2) is 7.63. The number of rotatable bonds is 6. The van der Waals surface area contributed by atoms with Gasteiger partial charge in [-0.05, 0) is 44.4 Å². The van der Waals surface area contributed by atoms with Gasteiger partial charge in [0.25, 0.3) is 0 Å². The number of benzene rings is 2. The number of nitrogens with one attached hydrogen (secondary N) is 1. The fourth-order valence-electron chi connectivity index (χ4n) is 3.14. The molecule has 2 aromatic carbocycles. The number of nitrogens with zero attached hydrogens (tertiary/aromatic N) is 2. The van der Waals surface area contributed by atoms with Crippen LogP contribution in [0.5, 0.6) is 0 Å². The minimum Gasteiger partial charge on any atom is -0.335 e. The third-order valence-electron chi connectivity index (χ3n) is 4.97. The Morgan fingerprint density at radius 3 is 2.33 bits per heavy atom. The largest absolute Gasteiger partial charge is 0.335 e. The van der Waals surface area contributed by atoms with Crippen LogP contribution in [0.4, 0.5) is 5.69 Å². The number of hydrogen-bond donors (Lipinski definition) is 1. The summed E-state index contributed by atoms with van der Waals surface area (Å²) in [6.45, 7) is 4.39. The molecule has 1 fully saturated rings. The molecule has 5 nitrogen and oxygen atoms in total. The van der Waals surface area contributed by atoms with Crippen molar-refractivity contribution in [2.24, 2.45) is 5.41 Å². The molecule has 0 unspecified atom stereocenters. The highest BCUT2D eigenvalue weighted by atomic mass is 16.2. The van der Waals surface area contributed by atoms with Crippen molar-refractivity contribution in [1.82, 2.24) is 4.90 Å². The lowest BCUT2D eigenvalue weighted by Gasteiger charge is -2.30. The summed E-state index contributed by atoms with van der Waals surface area (Å²) in [7, 11) is 0. The van der Waals surface area contributed by atoms with E-state index in [0.717, 1.165) is 5.56 Å². The van der Waals surface area contributed by atoms with Crippen molar-refractivity contribution in [3.8, 4) is 6.07 Å². The first-order valence-electron chi connectivity index (χ1n) is 9.13. The summed E-state index contributed by atoms with van der Waals surface area (Å²) in [5.41, 5.74) is 0.842. The third kappa shape index (κ3) is 3.85. The Hall–Kier alpha value is -3.13.